The molecule has 0 fully saturated rings. The Bertz CT molecular complexity index is 1000. The second kappa shape index (κ2) is 6.81. The van der Waals surface area contributed by atoms with E-state index in [1.807, 2.05) is 12.1 Å². The first-order valence-electron chi connectivity index (χ1n) is 7.19. The lowest BCUT2D eigenvalue weighted by Crippen LogP contribution is -2.13. The van der Waals surface area contributed by atoms with Gasteiger partial charge in [0, 0.05) is 16.6 Å². The molecule has 0 amide bonds. The Morgan fingerprint density at radius 3 is 2.32 bits per heavy atom. The van der Waals surface area contributed by atoms with Crippen LogP contribution in [0.4, 0.5) is 17.1 Å². The van der Waals surface area contributed by atoms with Crippen molar-refractivity contribution in [3.8, 4) is 5.69 Å². The summed E-state index contributed by atoms with van der Waals surface area (Å²) in [7, 11) is 0. The third kappa shape index (κ3) is 3.56. The van der Waals surface area contributed by atoms with Crippen LogP contribution in [0.1, 0.15) is 5.69 Å². The number of nitrogens with one attached hydrogen (secondary N) is 1. The van der Waals surface area contributed by atoms with E-state index in [0.29, 0.717) is 17.1 Å². The number of H-pyrrole nitrogens is 1. The fourth-order valence-electron chi connectivity index (χ4n) is 2.18. The van der Waals surface area contributed by atoms with Crippen LogP contribution in [0.5, 0.6) is 0 Å². The van der Waals surface area contributed by atoms with Gasteiger partial charge in [0.05, 0.1) is 22.0 Å². The number of hydrogen-bond acceptors (Lipinski definition) is 5. The predicted octanol–water partition coefficient (Wildman–Crippen LogP) is 4.56. The summed E-state index contributed by atoms with van der Waals surface area (Å²) in [5.74, 6) is 0. The molecule has 0 spiro atoms. The topological polar surface area (TPSA) is 106 Å². The number of hydrogen-bond donors (Lipinski definition) is 1. The lowest BCUT2D eigenvalue weighted by atomic mass is 10.3. The summed E-state index contributed by atoms with van der Waals surface area (Å²) in [5, 5.41) is 21.7. The van der Waals surface area contributed by atoms with Crippen molar-refractivity contribution in [1.29, 1.82) is 0 Å². The van der Waals surface area contributed by atoms with Gasteiger partial charge in [0.2, 0.25) is 0 Å². The number of nitro groups is 1. The molecule has 0 aliphatic carbocycles. The van der Waals surface area contributed by atoms with Crippen LogP contribution in [-0.4, -0.2) is 14.7 Å². The molecule has 126 valence electrons. The number of nitro benzene ring substituents is 1. The van der Waals surface area contributed by atoms with Crippen LogP contribution < -0.4 is 5.56 Å². The number of nitrogens with zero attached hydrogens (tertiary/aromatic N) is 4. The van der Waals surface area contributed by atoms with Crippen LogP contribution in [0.3, 0.4) is 0 Å². The highest BCUT2D eigenvalue weighted by atomic mass is 79.9. The Morgan fingerprint density at radius 1 is 1.08 bits per heavy atom. The van der Waals surface area contributed by atoms with E-state index in [1.54, 1.807) is 19.1 Å². The quantitative estimate of drug-likeness (QED) is 0.393. The largest absolute Gasteiger partial charge is 0.299 e. The summed E-state index contributed by atoms with van der Waals surface area (Å²) in [6.45, 7) is 1.71. The molecule has 9 heteroatoms. The van der Waals surface area contributed by atoms with Gasteiger partial charge in [-0.1, -0.05) is 15.9 Å². The monoisotopic (exact) mass is 401 g/mol. The van der Waals surface area contributed by atoms with Crippen molar-refractivity contribution in [2.45, 2.75) is 6.92 Å². The van der Waals surface area contributed by atoms with Crippen LogP contribution in [-0.2, 0) is 0 Å². The van der Waals surface area contributed by atoms with Crippen LogP contribution in [0.15, 0.2) is 68.0 Å². The van der Waals surface area contributed by atoms with E-state index in [2.05, 4.69) is 31.3 Å². The van der Waals surface area contributed by atoms with Gasteiger partial charge >= 0.3 is 0 Å². The van der Waals surface area contributed by atoms with Crippen molar-refractivity contribution >= 4 is 33.0 Å². The van der Waals surface area contributed by atoms with E-state index in [-0.39, 0.29) is 16.9 Å². The zero-order valence-electron chi connectivity index (χ0n) is 13.0. The predicted molar refractivity (Wildman–Crippen MR) is 96.1 cm³/mol. The van der Waals surface area contributed by atoms with Crippen LogP contribution in [0.25, 0.3) is 5.69 Å². The fraction of sp³-hybridized carbons (Fsp3) is 0.0625. The highest BCUT2D eigenvalue weighted by Gasteiger charge is 2.13. The van der Waals surface area contributed by atoms with Gasteiger partial charge in [-0.3, -0.25) is 20.0 Å². The van der Waals surface area contributed by atoms with Gasteiger partial charge in [-0.2, -0.15) is 5.11 Å². The van der Waals surface area contributed by atoms with E-state index in [1.165, 1.54) is 28.9 Å². The SMILES string of the molecule is Cc1[nH]n(-c2ccc([N+](=O)[O-])cc2)c(=O)c1N=Nc1ccc(Br)cc1. The summed E-state index contributed by atoms with van der Waals surface area (Å²) >= 11 is 3.34. The van der Waals surface area contributed by atoms with Gasteiger partial charge in [-0.25, -0.2) is 4.68 Å². The summed E-state index contributed by atoms with van der Waals surface area (Å²) in [4.78, 5) is 22.7. The van der Waals surface area contributed by atoms with E-state index in [9.17, 15) is 14.9 Å². The number of azo groups is 1. The molecule has 2 aromatic carbocycles. The number of benzene rings is 2. The van der Waals surface area contributed by atoms with Crippen LogP contribution in [0.2, 0.25) is 0 Å². The molecule has 3 aromatic rings. The molecular formula is C16H12BrN5O3. The molecule has 1 heterocycles. The molecule has 0 unspecified atom stereocenters. The molecule has 0 aliphatic heterocycles. The van der Waals surface area contributed by atoms with E-state index in [4.69, 9.17) is 0 Å². The molecule has 8 nitrogen and oxygen atoms in total. The van der Waals surface area contributed by atoms with Crippen molar-refractivity contribution in [2.75, 3.05) is 0 Å². The third-order valence-corrected chi connectivity index (χ3v) is 3.98. The molecule has 0 bridgehead atoms. The molecule has 0 aliphatic rings. The zero-order chi connectivity index (χ0) is 18.0. The Labute approximate surface area is 150 Å². The summed E-state index contributed by atoms with van der Waals surface area (Å²) in [5.41, 5.74) is 1.39. The average Bonchev–Trinajstić information content (AvgIpc) is 2.89. The lowest BCUT2D eigenvalue weighted by molar-refractivity contribution is -0.384. The standard InChI is InChI=1S/C16H12BrN5O3/c1-10-15(19-18-12-4-2-11(17)3-5-12)16(23)21(20-10)13-6-8-14(9-7-13)22(24)25/h2-9,20H,1H3. The maximum absolute atomic E-state index is 12.5. The molecular weight excluding hydrogens is 390 g/mol. The minimum Gasteiger partial charge on any atom is -0.293 e. The first kappa shape index (κ1) is 16.8. The second-order valence-electron chi connectivity index (χ2n) is 5.18. The first-order valence-corrected chi connectivity index (χ1v) is 7.99. The summed E-state index contributed by atoms with van der Waals surface area (Å²) < 4.78 is 2.19. The molecule has 0 atom stereocenters. The lowest BCUT2D eigenvalue weighted by Gasteiger charge is -2.00. The summed E-state index contributed by atoms with van der Waals surface area (Å²) in [6, 6.07) is 12.8. The van der Waals surface area contributed by atoms with Gasteiger partial charge in [0.1, 0.15) is 0 Å². The van der Waals surface area contributed by atoms with Crippen LogP contribution >= 0.6 is 15.9 Å². The van der Waals surface area contributed by atoms with Gasteiger partial charge < -0.3 is 0 Å². The molecule has 0 saturated carbocycles. The normalized spacial score (nSPS) is 11.1. The third-order valence-electron chi connectivity index (χ3n) is 3.45. The smallest absolute Gasteiger partial charge is 0.293 e. The van der Waals surface area contributed by atoms with E-state index in [0.717, 1.165) is 4.47 Å². The Kier molecular flexibility index (Phi) is 4.57. The number of non-ortho nitro benzene ring substituents is 1. The minimum absolute atomic E-state index is 0.0461. The van der Waals surface area contributed by atoms with Gasteiger partial charge in [0.15, 0.2) is 5.69 Å². The number of rotatable bonds is 4. The zero-order valence-corrected chi connectivity index (χ0v) is 14.6. The first-order chi connectivity index (χ1) is 12.0. The van der Waals surface area contributed by atoms with Crippen molar-refractivity contribution in [1.82, 2.24) is 9.78 Å². The van der Waals surface area contributed by atoms with Crippen LogP contribution in [0, 0.1) is 17.0 Å². The van der Waals surface area contributed by atoms with Crippen molar-refractivity contribution in [2.24, 2.45) is 10.2 Å². The van der Waals surface area contributed by atoms with Crippen molar-refractivity contribution in [3.63, 3.8) is 0 Å². The molecule has 3 rings (SSSR count). The maximum Gasteiger partial charge on any atom is 0.299 e. The number of halogens is 1. The molecule has 1 N–H and O–H groups in total. The van der Waals surface area contributed by atoms with Gasteiger partial charge in [0.25, 0.3) is 11.2 Å². The van der Waals surface area contributed by atoms with Gasteiger partial charge in [-0.15, -0.1) is 5.11 Å². The number of aryl methyl sites for hydroxylation is 1. The Morgan fingerprint density at radius 2 is 1.72 bits per heavy atom. The average molecular weight is 402 g/mol. The number of aromatic nitrogens is 2. The molecule has 25 heavy (non-hydrogen) atoms. The van der Waals surface area contributed by atoms with E-state index < -0.39 is 4.92 Å². The van der Waals surface area contributed by atoms with Crippen molar-refractivity contribution < 1.29 is 4.92 Å². The van der Waals surface area contributed by atoms with Gasteiger partial charge in [-0.05, 0) is 43.3 Å². The van der Waals surface area contributed by atoms with Crippen molar-refractivity contribution in [3.05, 3.63) is 79.2 Å². The summed E-state index contributed by atoms with van der Waals surface area (Å²) in [6.07, 6.45) is 0. The highest BCUT2D eigenvalue weighted by Crippen LogP contribution is 2.21. The highest BCUT2D eigenvalue weighted by molar-refractivity contribution is 9.10. The molecule has 1 aromatic heterocycles. The Hall–Kier alpha value is -3.07. The molecule has 0 saturated heterocycles. The Balaban J connectivity index is 1.94. The number of aromatic amines is 1. The second-order valence-corrected chi connectivity index (χ2v) is 6.09. The molecule has 0 radical (unpaired) electrons. The maximum atomic E-state index is 12.5. The fourth-order valence-corrected chi connectivity index (χ4v) is 2.44. The minimum atomic E-state index is -0.496. The van der Waals surface area contributed by atoms with E-state index >= 15 is 0 Å².